The minimum atomic E-state index is -0.207. The Balaban J connectivity index is 0.000000140. The largest absolute Gasteiger partial charge is 0.397 e. The van der Waals surface area contributed by atoms with Crippen LogP contribution in [0.5, 0.6) is 0 Å². The summed E-state index contributed by atoms with van der Waals surface area (Å²) in [6.07, 6.45) is 35.1. The maximum atomic E-state index is 13.1. The number of pyridine rings is 4. The molecular formula is C82H94N16O9S8. The number of thiocarbonyl (C=S) groups is 4. The van der Waals surface area contributed by atoms with E-state index in [0.29, 0.717) is 105 Å². The molecule has 0 aromatic carbocycles. The first-order chi connectivity index (χ1) is 55.4. The number of anilines is 4. The van der Waals surface area contributed by atoms with E-state index in [-0.39, 0.29) is 76.6 Å². The zero-order valence-electron chi connectivity index (χ0n) is 65.7. The molecule has 8 aromatic rings. The fraction of sp³-hybridized carbons (Fsp3) is 0.415. The Morgan fingerprint density at radius 3 is 0.713 bits per heavy atom. The van der Waals surface area contributed by atoms with Gasteiger partial charge in [0, 0.05) is 83.8 Å². The number of hydrogen-bond donors (Lipinski definition) is 5. The summed E-state index contributed by atoms with van der Waals surface area (Å²) in [4.78, 5) is 132. The average molecular weight is 1700 g/mol. The van der Waals surface area contributed by atoms with Gasteiger partial charge in [0.15, 0.2) is 0 Å². The van der Waals surface area contributed by atoms with Gasteiger partial charge in [-0.2, -0.15) is 0 Å². The van der Waals surface area contributed by atoms with Gasteiger partial charge in [-0.25, -0.2) is 19.9 Å². The number of fused-ring (bicyclic) bond motifs is 4. The molecule has 0 atom stereocenters. The Labute approximate surface area is 705 Å². The first kappa shape index (κ1) is 85.6. The summed E-state index contributed by atoms with van der Waals surface area (Å²) in [5, 5.41) is 19.5. The molecule has 5 N–H and O–H groups in total. The van der Waals surface area contributed by atoms with E-state index in [1.54, 1.807) is 104 Å². The van der Waals surface area contributed by atoms with Crippen LogP contribution in [0.2, 0.25) is 0 Å². The number of aliphatic hydroxyl groups excluding tert-OH is 1. The van der Waals surface area contributed by atoms with Gasteiger partial charge in [-0.3, -0.25) is 75.6 Å². The van der Waals surface area contributed by atoms with Gasteiger partial charge in [0.25, 0.3) is 45.9 Å². The summed E-state index contributed by atoms with van der Waals surface area (Å²) in [7, 11) is 6.89. The molecule has 8 fully saturated rings. The molecule has 16 rings (SSSR count). The molecule has 0 spiro atoms. The number of rotatable bonds is 12. The lowest BCUT2D eigenvalue weighted by atomic mass is 9.94. The highest BCUT2D eigenvalue weighted by molar-refractivity contribution is 8.28. The van der Waals surface area contributed by atoms with Crippen molar-refractivity contribution in [2.75, 3.05) is 56.1 Å². The van der Waals surface area contributed by atoms with Crippen LogP contribution in [-0.2, 0) is 19.2 Å². The molecule has 25 nitrogen and oxygen atoms in total. The van der Waals surface area contributed by atoms with Crippen LogP contribution < -0.4 is 43.5 Å². The molecule has 4 saturated carbocycles. The SMILES string of the molecule is CCO.CNc1nc2c(C)cccn2c(=O)c1/C=C1\SC(=S)N(C2CCCCC2)C1=O.CNc1nc2c(C)cccn2c(=O)c1/C=C1\SC(=S)N(C2CCCCC2)C1=O.CNc1nc2c(C)cccn2c(=O)c1/C=C1\SC(=S)N(C2CCCCC2)C1=O.CNc1nc2c(C)cccn2c(=O)c1/C=C1\SC(=S)N(C2CCCCC2)C1=O. The van der Waals surface area contributed by atoms with Crippen molar-refractivity contribution in [2.45, 2.75) is 187 Å². The summed E-state index contributed by atoms with van der Waals surface area (Å²) in [5.74, 6) is 1.44. The molecule has 0 bridgehead atoms. The van der Waals surface area contributed by atoms with Crippen LogP contribution in [-0.4, -0.2) is 162 Å². The number of carbonyl (C=O) groups is 4. The van der Waals surface area contributed by atoms with Crippen molar-refractivity contribution in [3.05, 3.63) is 179 Å². The predicted molar refractivity (Wildman–Crippen MR) is 483 cm³/mol. The van der Waals surface area contributed by atoms with Gasteiger partial charge in [0.05, 0.1) is 41.9 Å². The molecule has 12 heterocycles. The lowest BCUT2D eigenvalue weighted by Crippen LogP contribution is -2.39. The quantitative estimate of drug-likeness (QED) is 0.0561. The third kappa shape index (κ3) is 18.3. The first-order valence-corrected chi connectivity index (χ1v) is 43.8. The van der Waals surface area contributed by atoms with Gasteiger partial charge in [-0.05, 0) is 157 Å². The van der Waals surface area contributed by atoms with Crippen molar-refractivity contribution in [1.82, 2.24) is 57.1 Å². The molecule has 0 unspecified atom stereocenters. The van der Waals surface area contributed by atoms with Crippen LogP contribution in [0.3, 0.4) is 0 Å². The van der Waals surface area contributed by atoms with E-state index >= 15 is 0 Å². The third-order valence-corrected chi connectivity index (χ3v) is 26.8. The third-order valence-electron chi connectivity index (χ3n) is 21.4. The topological polar surface area (TPSA) is 287 Å². The molecule has 4 amide bonds. The minimum Gasteiger partial charge on any atom is -0.397 e. The number of amides is 4. The Kier molecular flexibility index (Phi) is 28.7. The molecule has 8 aromatic heterocycles. The van der Waals surface area contributed by atoms with Gasteiger partial charge in [0.2, 0.25) is 0 Å². The standard InChI is InChI=1S/4C20H22N4O2S2.C2H6O/c4*1-12-7-6-10-23-17(12)22-16(21-2)14(18(23)25)11-15-19(26)24(20(27)28-15)13-8-4-3-5-9-13;1-2-3/h4*6-7,10-11,13,21H,3-5,8-9H2,1-2H3;3H,2H2,1H3/b4*15-11-;. The second-order valence-electron chi connectivity index (χ2n) is 28.9. The Hall–Kier alpha value is -8.80. The molecule has 4 aliphatic carbocycles. The van der Waals surface area contributed by atoms with Gasteiger partial charge in [-0.1, -0.05) is 197 Å². The highest BCUT2D eigenvalue weighted by Gasteiger charge is 2.42. The maximum absolute atomic E-state index is 13.1. The average Bonchev–Trinajstić information content (AvgIpc) is 1.79. The lowest BCUT2D eigenvalue weighted by Gasteiger charge is -2.29. The molecule has 0 radical (unpaired) electrons. The van der Waals surface area contributed by atoms with Crippen molar-refractivity contribution >= 4 is 207 Å². The van der Waals surface area contributed by atoms with E-state index in [9.17, 15) is 38.4 Å². The predicted octanol–water partition coefficient (Wildman–Crippen LogP) is 14.3. The number of aromatic nitrogens is 8. The van der Waals surface area contributed by atoms with Crippen LogP contribution in [0, 0.1) is 27.7 Å². The monoisotopic (exact) mass is 1700 g/mol. The Bertz CT molecular complexity index is 4920. The van der Waals surface area contributed by atoms with E-state index < -0.39 is 0 Å². The molecular weight excluding hydrogens is 1610 g/mol. The van der Waals surface area contributed by atoms with Crippen molar-refractivity contribution < 1.29 is 24.3 Å². The molecule has 604 valence electrons. The van der Waals surface area contributed by atoms with Gasteiger partial charge < -0.3 is 26.4 Å². The molecule has 4 aliphatic heterocycles. The van der Waals surface area contributed by atoms with Crippen LogP contribution in [0.15, 0.2) is 112 Å². The van der Waals surface area contributed by atoms with Crippen LogP contribution in [0.4, 0.5) is 23.3 Å². The normalized spacial score (nSPS) is 19.4. The number of aliphatic hydroxyl groups is 1. The second kappa shape index (κ2) is 38.5. The van der Waals surface area contributed by atoms with Gasteiger partial charge in [-0.15, -0.1) is 0 Å². The number of aryl methyl sites for hydroxylation is 4. The van der Waals surface area contributed by atoms with Crippen LogP contribution >= 0.6 is 95.9 Å². The van der Waals surface area contributed by atoms with Gasteiger partial charge in [0.1, 0.15) is 63.1 Å². The van der Waals surface area contributed by atoms with E-state index in [1.807, 2.05) is 76.2 Å². The van der Waals surface area contributed by atoms with E-state index in [1.165, 1.54) is 90.3 Å². The summed E-state index contributed by atoms with van der Waals surface area (Å²) < 4.78 is 8.40. The van der Waals surface area contributed by atoms with Crippen molar-refractivity contribution in [3.8, 4) is 0 Å². The zero-order chi connectivity index (χ0) is 82.1. The smallest absolute Gasteiger partial charge is 0.267 e. The number of carbonyl (C=O) groups excluding carboxylic acids is 4. The first-order valence-electron chi connectivity index (χ1n) is 38.9. The zero-order valence-corrected chi connectivity index (χ0v) is 72.3. The Morgan fingerprint density at radius 2 is 0.539 bits per heavy atom. The molecule has 4 saturated heterocycles. The number of hydrogen-bond acceptors (Lipinski definition) is 25. The number of nitrogens with zero attached hydrogens (tertiary/aromatic N) is 12. The second-order valence-corrected chi connectivity index (χ2v) is 35.6. The van der Waals surface area contributed by atoms with Crippen LogP contribution in [0.25, 0.3) is 46.9 Å². The summed E-state index contributed by atoms with van der Waals surface area (Å²) >= 11 is 27.1. The van der Waals surface area contributed by atoms with Crippen molar-refractivity contribution in [1.29, 1.82) is 0 Å². The molecule has 8 aliphatic rings. The molecule has 115 heavy (non-hydrogen) atoms. The highest BCUT2D eigenvalue weighted by Crippen LogP contribution is 2.42. The summed E-state index contributed by atoms with van der Waals surface area (Å²) in [6, 6.07) is 15.6. The maximum Gasteiger partial charge on any atom is 0.267 e. The number of thioether (sulfide) groups is 4. The number of nitrogens with one attached hydrogen (secondary N) is 4. The van der Waals surface area contributed by atoms with E-state index in [2.05, 4.69) is 41.2 Å². The fourth-order valence-corrected chi connectivity index (χ4v) is 21.1. The summed E-state index contributed by atoms with van der Waals surface area (Å²) in [6.45, 7) is 9.58. The molecule has 33 heteroatoms. The lowest BCUT2D eigenvalue weighted by molar-refractivity contribution is -0.124. The van der Waals surface area contributed by atoms with Crippen molar-refractivity contribution in [3.63, 3.8) is 0 Å². The van der Waals surface area contributed by atoms with Gasteiger partial charge >= 0.3 is 0 Å². The summed E-state index contributed by atoms with van der Waals surface area (Å²) in [5.41, 5.74) is 6.69. The van der Waals surface area contributed by atoms with E-state index in [4.69, 9.17) is 54.0 Å². The minimum absolute atomic E-state index is 0.0994. The highest BCUT2D eigenvalue weighted by atomic mass is 32.2. The van der Waals surface area contributed by atoms with Crippen LogP contribution in [0.1, 0.15) is 180 Å². The van der Waals surface area contributed by atoms with E-state index in [0.717, 1.165) is 125 Å². The Morgan fingerprint density at radius 1 is 0.357 bits per heavy atom. The fourth-order valence-electron chi connectivity index (χ4n) is 15.6. The van der Waals surface area contributed by atoms with Crippen molar-refractivity contribution in [2.24, 2.45) is 0 Å².